The van der Waals surface area contributed by atoms with E-state index < -0.39 is 0 Å². The molecule has 0 aromatic heterocycles. The first-order chi connectivity index (χ1) is 10.0. The number of benzene rings is 1. The van der Waals surface area contributed by atoms with Crippen molar-refractivity contribution in [3.8, 4) is 0 Å². The molecule has 0 spiro atoms. The van der Waals surface area contributed by atoms with Crippen molar-refractivity contribution < 1.29 is 14.3 Å². The lowest BCUT2D eigenvalue weighted by atomic mass is 10.1. The highest BCUT2D eigenvalue weighted by Crippen LogP contribution is 2.32. The number of nitrogens with zero attached hydrogens (tertiary/aromatic N) is 1. The summed E-state index contributed by atoms with van der Waals surface area (Å²) >= 11 is 6.45. The predicted molar refractivity (Wildman–Crippen MR) is 87.7 cm³/mol. The lowest BCUT2D eigenvalue weighted by molar-refractivity contribution is -0.140. The third-order valence-corrected chi connectivity index (χ3v) is 4.39. The zero-order chi connectivity index (χ0) is 15.4. The van der Waals surface area contributed by atoms with Crippen molar-refractivity contribution in [2.24, 2.45) is 0 Å². The van der Waals surface area contributed by atoms with Crippen LogP contribution >= 0.6 is 24.0 Å². The zero-order valence-corrected chi connectivity index (χ0v) is 13.4. The van der Waals surface area contributed by atoms with E-state index in [1.165, 1.54) is 23.8 Å². The quantitative estimate of drug-likeness (QED) is 0.485. The van der Waals surface area contributed by atoms with E-state index in [0.29, 0.717) is 9.23 Å². The number of thiocarbonyl (C=S) groups is 1. The highest BCUT2D eigenvalue weighted by Gasteiger charge is 2.32. The molecule has 1 aliphatic heterocycles. The monoisotopic (exact) mass is 321 g/mol. The fourth-order valence-corrected chi connectivity index (χ4v) is 3.12. The molecule has 6 heteroatoms. The number of rotatable bonds is 4. The second-order valence-electron chi connectivity index (χ2n) is 4.57. The van der Waals surface area contributed by atoms with Gasteiger partial charge in [-0.1, -0.05) is 53.8 Å². The van der Waals surface area contributed by atoms with Gasteiger partial charge in [0.1, 0.15) is 4.32 Å². The summed E-state index contributed by atoms with van der Waals surface area (Å²) in [5.74, 6) is -0.513. The first kappa shape index (κ1) is 15.7. The van der Waals surface area contributed by atoms with Crippen LogP contribution in [0.2, 0.25) is 0 Å². The van der Waals surface area contributed by atoms with E-state index in [0.717, 1.165) is 11.1 Å². The van der Waals surface area contributed by atoms with Crippen molar-refractivity contribution in [2.45, 2.75) is 13.3 Å². The maximum Gasteiger partial charge on any atom is 0.307 e. The minimum absolute atomic E-state index is 0.140. The van der Waals surface area contributed by atoms with E-state index in [2.05, 4.69) is 4.74 Å². The first-order valence-corrected chi connectivity index (χ1v) is 7.62. The Kier molecular flexibility index (Phi) is 5.14. The van der Waals surface area contributed by atoms with Gasteiger partial charge in [-0.3, -0.25) is 14.5 Å². The van der Waals surface area contributed by atoms with Crippen molar-refractivity contribution in [2.75, 3.05) is 13.7 Å². The van der Waals surface area contributed by atoms with E-state index in [1.807, 2.05) is 37.3 Å². The normalized spacial score (nSPS) is 16.7. The smallest absolute Gasteiger partial charge is 0.307 e. The van der Waals surface area contributed by atoms with Gasteiger partial charge in [-0.15, -0.1) is 0 Å². The van der Waals surface area contributed by atoms with Crippen LogP contribution in [0.15, 0.2) is 29.2 Å². The molecule has 1 aromatic rings. The molecule has 2 rings (SSSR count). The van der Waals surface area contributed by atoms with Crippen molar-refractivity contribution >= 4 is 46.3 Å². The van der Waals surface area contributed by atoms with E-state index in [9.17, 15) is 9.59 Å². The molecule has 0 atom stereocenters. The highest BCUT2D eigenvalue weighted by atomic mass is 32.2. The van der Waals surface area contributed by atoms with Gasteiger partial charge in [0.15, 0.2) is 0 Å². The number of aryl methyl sites for hydroxylation is 1. The van der Waals surface area contributed by atoms with Gasteiger partial charge in [0, 0.05) is 6.54 Å². The molecule has 1 heterocycles. The van der Waals surface area contributed by atoms with Crippen LogP contribution in [0.3, 0.4) is 0 Å². The first-order valence-electron chi connectivity index (χ1n) is 6.40. The van der Waals surface area contributed by atoms with Gasteiger partial charge in [0.2, 0.25) is 0 Å². The summed E-state index contributed by atoms with van der Waals surface area (Å²) in [5, 5.41) is 0. The molecule has 1 saturated heterocycles. The number of carbonyl (C=O) groups excluding carboxylic acids is 2. The van der Waals surface area contributed by atoms with E-state index in [1.54, 1.807) is 0 Å². The standard InChI is InChI=1S/C15H15NO3S2/c1-10-3-5-11(6-4-10)9-12-14(18)16(15(20)21-12)8-7-13(17)19-2/h3-6,9H,7-8H2,1-2H3. The predicted octanol–water partition coefficient (Wildman–Crippen LogP) is 2.76. The number of thioether (sulfide) groups is 1. The number of hydrogen-bond acceptors (Lipinski definition) is 5. The Morgan fingerprint density at radius 1 is 1.38 bits per heavy atom. The summed E-state index contributed by atoms with van der Waals surface area (Å²) in [6.45, 7) is 2.26. The molecule has 0 bridgehead atoms. The van der Waals surface area contributed by atoms with Crippen LogP contribution in [0.1, 0.15) is 17.5 Å². The molecule has 0 unspecified atom stereocenters. The Hall–Kier alpha value is -1.66. The summed E-state index contributed by atoms with van der Waals surface area (Å²) in [6, 6.07) is 7.89. The molecular weight excluding hydrogens is 306 g/mol. The van der Waals surface area contributed by atoms with E-state index >= 15 is 0 Å². The second-order valence-corrected chi connectivity index (χ2v) is 6.25. The lowest BCUT2D eigenvalue weighted by Crippen LogP contribution is -2.30. The number of amides is 1. The van der Waals surface area contributed by atoms with Crippen molar-refractivity contribution in [1.82, 2.24) is 4.90 Å². The molecule has 1 fully saturated rings. The summed E-state index contributed by atoms with van der Waals surface area (Å²) in [4.78, 5) is 25.5. The minimum Gasteiger partial charge on any atom is -0.469 e. The van der Waals surface area contributed by atoms with Crippen LogP contribution in [-0.4, -0.2) is 34.8 Å². The second kappa shape index (κ2) is 6.87. The van der Waals surface area contributed by atoms with Crippen molar-refractivity contribution in [3.63, 3.8) is 0 Å². The molecular formula is C15H15NO3S2. The van der Waals surface area contributed by atoms with Crippen molar-refractivity contribution in [3.05, 3.63) is 40.3 Å². The summed E-state index contributed by atoms with van der Waals surface area (Å²) < 4.78 is 5.05. The topological polar surface area (TPSA) is 46.6 Å². The van der Waals surface area contributed by atoms with Crippen molar-refractivity contribution in [1.29, 1.82) is 0 Å². The zero-order valence-electron chi connectivity index (χ0n) is 11.8. The molecule has 1 amide bonds. The molecule has 1 aliphatic rings. The SMILES string of the molecule is COC(=O)CCN1C(=O)C(=Cc2ccc(C)cc2)SC1=S. The Balaban J connectivity index is 2.10. The fraction of sp³-hybridized carbons (Fsp3) is 0.267. The van der Waals surface area contributed by atoms with Gasteiger partial charge in [-0.05, 0) is 18.6 Å². The van der Waals surface area contributed by atoms with Crippen LogP contribution in [0.4, 0.5) is 0 Å². The molecule has 0 aliphatic carbocycles. The molecule has 0 N–H and O–H groups in total. The number of ether oxygens (including phenoxy) is 1. The van der Waals surface area contributed by atoms with Gasteiger partial charge < -0.3 is 4.74 Å². The van der Waals surface area contributed by atoms with Crippen LogP contribution in [-0.2, 0) is 14.3 Å². The highest BCUT2D eigenvalue weighted by molar-refractivity contribution is 8.26. The molecule has 110 valence electrons. The Labute approximate surface area is 133 Å². The Morgan fingerprint density at radius 2 is 2.05 bits per heavy atom. The van der Waals surface area contributed by atoms with Crippen LogP contribution in [0.25, 0.3) is 6.08 Å². The number of hydrogen-bond donors (Lipinski definition) is 0. The fourth-order valence-electron chi connectivity index (χ4n) is 1.81. The number of methoxy groups -OCH3 is 1. The summed E-state index contributed by atoms with van der Waals surface area (Å²) in [6.07, 6.45) is 1.96. The van der Waals surface area contributed by atoms with E-state index in [-0.39, 0.29) is 24.8 Å². The Bertz CT molecular complexity index is 608. The molecule has 0 saturated carbocycles. The average molecular weight is 321 g/mol. The summed E-state index contributed by atoms with van der Waals surface area (Å²) in [5.41, 5.74) is 2.12. The largest absolute Gasteiger partial charge is 0.469 e. The molecule has 21 heavy (non-hydrogen) atoms. The average Bonchev–Trinajstić information content (AvgIpc) is 2.73. The molecule has 4 nitrogen and oxygen atoms in total. The summed E-state index contributed by atoms with van der Waals surface area (Å²) in [7, 11) is 1.32. The molecule has 0 radical (unpaired) electrons. The molecule has 1 aromatic carbocycles. The van der Waals surface area contributed by atoms with Gasteiger partial charge in [0.05, 0.1) is 18.4 Å². The van der Waals surface area contributed by atoms with Gasteiger partial charge >= 0.3 is 5.97 Å². The minimum atomic E-state index is -0.355. The van der Waals surface area contributed by atoms with Crippen LogP contribution < -0.4 is 0 Å². The van der Waals surface area contributed by atoms with Gasteiger partial charge in [0.25, 0.3) is 5.91 Å². The maximum atomic E-state index is 12.3. The van der Waals surface area contributed by atoms with E-state index in [4.69, 9.17) is 12.2 Å². The van der Waals surface area contributed by atoms with Gasteiger partial charge in [-0.2, -0.15) is 0 Å². The number of carbonyl (C=O) groups is 2. The third kappa shape index (κ3) is 3.92. The van der Waals surface area contributed by atoms with Crippen LogP contribution in [0.5, 0.6) is 0 Å². The van der Waals surface area contributed by atoms with Crippen LogP contribution in [0, 0.1) is 6.92 Å². The number of esters is 1. The maximum absolute atomic E-state index is 12.3. The Morgan fingerprint density at radius 3 is 2.67 bits per heavy atom. The van der Waals surface area contributed by atoms with Gasteiger partial charge in [-0.25, -0.2) is 0 Å². The lowest BCUT2D eigenvalue weighted by Gasteiger charge is -2.12. The third-order valence-electron chi connectivity index (χ3n) is 3.02.